The van der Waals surface area contributed by atoms with Crippen molar-refractivity contribution < 1.29 is 0 Å². The number of benzene rings is 1. The monoisotopic (exact) mass is 257 g/mol. The van der Waals surface area contributed by atoms with E-state index in [1.54, 1.807) is 0 Å². The largest absolute Gasteiger partial charge is 0.310 e. The molecule has 104 valence electrons. The summed E-state index contributed by atoms with van der Waals surface area (Å²) in [6, 6.07) is 9.47. The molecule has 0 radical (unpaired) electrons. The lowest BCUT2D eigenvalue weighted by molar-refractivity contribution is 0.487. The molecular weight excluding hydrogens is 230 g/mol. The molecule has 0 aliphatic heterocycles. The third kappa shape index (κ3) is 5.49. The predicted octanol–water partition coefficient (Wildman–Crippen LogP) is 4.65. The van der Waals surface area contributed by atoms with Gasteiger partial charge in [-0.05, 0) is 42.9 Å². The zero-order chi connectivity index (χ0) is 14.1. The van der Waals surface area contributed by atoms with Crippen LogP contribution in [0.4, 0.5) is 0 Å². The van der Waals surface area contributed by atoms with Crippen LogP contribution in [-0.4, -0.2) is 6.54 Å². The zero-order valence-electron chi connectivity index (χ0n) is 12.6. The van der Waals surface area contributed by atoms with Gasteiger partial charge in [0.25, 0.3) is 0 Å². The SMILES string of the molecule is C#CCCCC(NCCC)c1ccc(C(C)C)cc1. The molecule has 1 aromatic rings. The molecule has 0 amide bonds. The molecule has 1 atom stereocenters. The number of rotatable bonds is 8. The van der Waals surface area contributed by atoms with E-state index in [1.165, 1.54) is 11.1 Å². The van der Waals surface area contributed by atoms with Gasteiger partial charge in [-0.2, -0.15) is 0 Å². The quantitative estimate of drug-likeness (QED) is 0.528. The Labute approximate surface area is 118 Å². The van der Waals surface area contributed by atoms with Crippen LogP contribution in [0.2, 0.25) is 0 Å². The average Bonchev–Trinajstić information content (AvgIpc) is 2.43. The van der Waals surface area contributed by atoms with Crippen molar-refractivity contribution in [2.45, 2.75) is 58.4 Å². The van der Waals surface area contributed by atoms with Crippen molar-refractivity contribution in [2.24, 2.45) is 0 Å². The lowest BCUT2D eigenvalue weighted by Crippen LogP contribution is -2.22. The predicted molar refractivity (Wildman–Crippen MR) is 84.2 cm³/mol. The fourth-order valence-corrected chi connectivity index (χ4v) is 2.23. The summed E-state index contributed by atoms with van der Waals surface area (Å²) in [5.74, 6) is 3.32. The van der Waals surface area contributed by atoms with Gasteiger partial charge in [-0.3, -0.25) is 0 Å². The Morgan fingerprint density at radius 1 is 1.16 bits per heavy atom. The summed E-state index contributed by atoms with van der Waals surface area (Å²) in [5, 5.41) is 3.62. The van der Waals surface area contributed by atoms with Crippen LogP contribution < -0.4 is 5.32 Å². The molecular formula is C18H27N. The van der Waals surface area contributed by atoms with Crippen LogP contribution >= 0.6 is 0 Å². The van der Waals surface area contributed by atoms with Gasteiger partial charge in [0.1, 0.15) is 0 Å². The van der Waals surface area contributed by atoms with Crippen molar-refractivity contribution in [2.75, 3.05) is 6.54 Å². The second-order valence-corrected chi connectivity index (χ2v) is 5.42. The molecule has 1 nitrogen and oxygen atoms in total. The van der Waals surface area contributed by atoms with E-state index in [-0.39, 0.29) is 0 Å². The molecule has 0 aliphatic carbocycles. The smallest absolute Gasteiger partial charge is 0.0320 e. The maximum Gasteiger partial charge on any atom is 0.0320 e. The third-order valence-electron chi connectivity index (χ3n) is 3.46. The molecule has 0 fully saturated rings. The van der Waals surface area contributed by atoms with E-state index < -0.39 is 0 Å². The third-order valence-corrected chi connectivity index (χ3v) is 3.46. The van der Waals surface area contributed by atoms with Gasteiger partial charge in [-0.25, -0.2) is 0 Å². The molecule has 0 saturated heterocycles. The minimum atomic E-state index is 0.439. The molecule has 0 heterocycles. The van der Waals surface area contributed by atoms with Crippen molar-refractivity contribution in [3.05, 3.63) is 35.4 Å². The first-order valence-corrected chi connectivity index (χ1v) is 7.45. The van der Waals surface area contributed by atoms with E-state index in [0.29, 0.717) is 12.0 Å². The molecule has 0 spiro atoms. The van der Waals surface area contributed by atoms with Gasteiger partial charge in [0.05, 0.1) is 0 Å². The minimum Gasteiger partial charge on any atom is -0.310 e. The summed E-state index contributed by atoms with van der Waals surface area (Å²) in [4.78, 5) is 0. The Morgan fingerprint density at radius 2 is 1.79 bits per heavy atom. The van der Waals surface area contributed by atoms with E-state index in [9.17, 15) is 0 Å². The lowest BCUT2D eigenvalue weighted by atomic mass is 9.96. The minimum absolute atomic E-state index is 0.439. The fraction of sp³-hybridized carbons (Fsp3) is 0.556. The summed E-state index contributed by atoms with van der Waals surface area (Å²) < 4.78 is 0. The van der Waals surface area contributed by atoms with E-state index in [4.69, 9.17) is 6.42 Å². The van der Waals surface area contributed by atoms with Crippen molar-refractivity contribution >= 4 is 0 Å². The molecule has 0 aliphatic rings. The number of unbranched alkanes of at least 4 members (excludes halogenated alkanes) is 1. The zero-order valence-corrected chi connectivity index (χ0v) is 12.6. The average molecular weight is 257 g/mol. The highest BCUT2D eigenvalue weighted by molar-refractivity contribution is 5.26. The van der Waals surface area contributed by atoms with Crippen LogP contribution in [0.1, 0.15) is 69.5 Å². The van der Waals surface area contributed by atoms with Gasteiger partial charge in [0.2, 0.25) is 0 Å². The number of terminal acetylenes is 1. The van der Waals surface area contributed by atoms with E-state index >= 15 is 0 Å². The molecule has 1 heteroatoms. The first-order valence-electron chi connectivity index (χ1n) is 7.45. The molecule has 0 saturated carbocycles. The molecule has 0 bridgehead atoms. The molecule has 0 aromatic heterocycles. The highest BCUT2D eigenvalue weighted by atomic mass is 14.9. The van der Waals surface area contributed by atoms with Gasteiger partial charge in [0, 0.05) is 12.5 Å². The van der Waals surface area contributed by atoms with E-state index in [0.717, 1.165) is 32.2 Å². The van der Waals surface area contributed by atoms with Crippen molar-refractivity contribution in [3.8, 4) is 12.3 Å². The van der Waals surface area contributed by atoms with Gasteiger partial charge in [-0.15, -0.1) is 12.3 Å². The summed E-state index contributed by atoms with van der Waals surface area (Å²) in [5.41, 5.74) is 2.79. The van der Waals surface area contributed by atoms with Crippen LogP contribution in [0.3, 0.4) is 0 Å². The Balaban J connectivity index is 2.69. The molecule has 19 heavy (non-hydrogen) atoms. The second kappa shape index (κ2) is 8.77. The van der Waals surface area contributed by atoms with E-state index in [1.807, 2.05) is 0 Å². The standard InChI is InChI=1S/C18H27N/c1-5-7-8-9-18(19-14-6-2)17-12-10-16(11-13-17)15(3)4/h1,10-13,15,18-19H,6-9,14H2,2-4H3. The Kier molecular flexibility index (Phi) is 7.30. The Morgan fingerprint density at radius 3 is 2.32 bits per heavy atom. The van der Waals surface area contributed by atoms with Crippen LogP contribution in [-0.2, 0) is 0 Å². The summed E-state index contributed by atoms with van der Waals surface area (Å²) in [6.07, 6.45) is 9.57. The fourth-order valence-electron chi connectivity index (χ4n) is 2.23. The van der Waals surface area contributed by atoms with Gasteiger partial charge < -0.3 is 5.32 Å². The van der Waals surface area contributed by atoms with Crippen LogP contribution in [0.5, 0.6) is 0 Å². The van der Waals surface area contributed by atoms with Crippen molar-refractivity contribution in [3.63, 3.8) is 0 Å². The number of hydrogen-bond acceptors (Lipinski definition) is 1. The molecule has 1 rings (SSSR count). The van der Waals surface area contributed by atoms with Gasteiger partial charge in [-0.1, -0.05) is 45.0 Å². The summed E-state index contributed by atoms with van der Waals surface area (Å²) >= 11 is 0. The number of nitrogens with one attached hydrogen (secondary N) is 1. The highest BCUT2D eigenvalue weighted by Crippen LogP contribution is 2.22. The molecule has 1 N–H and O–H groups in total. The lowest BCUT2D eigenvalue weighted by Gasteiger charge is -2.19. The summed E-state index contributed by atoms with van der Waals surface area (Å²) in [7, 11) is 0. The van der Waals surface area contributed by atoms with Crippen LogP contribution in [0.25, 0.3) is 0 Å². The first-order chi connectivity index (χ1) is 9.19. The molecule has 1 unspecified atom stereocenters. The second-order valence-electron chi connectivity index (χ2n) is 5.42. The Bertz CT molecular complexity index is 383. The number of hydrogen-bond donors (Lipinski definition) is 1. The summed E-state index contributed by atoms with van der Waals surface area (Å²) in [6.45, 7) is 7.73. The van der Waals surface area contributed by atoms with Crippen LogP contribution in [0.15, 0.2) is 24.3 Å². The molecule has 1 aromatic carbocycles. The van der Waals surface area contributed by atoms with Crippen molar-refractivity contribution in [1.82, 2.24) is 5.32 Å². The normalized spacial score (nSPS) is 12.4. The van der Waals surface area contributed by atoms with Crippen molar-refractivity contribution in [1.29, 1.82) is 0 Å². The van der Waals surface area contributed by atoms with E-state index in [2.05, 4.69) is 56.3 Å². The Hall–Kier alpha value is -1.26. The van der Waals surface area contributed by atoms with Crippen LogP contribution in [0, 0.1) is 12.3 Å². The van der Waals surface area contributed by atoms with Gasteiger partial charge >= 0.3 is 0 Å². The maximum atomic E-state index is 5.34. The first kappa shape index (κ1) is 15.8. The highest BCUT2D eigenvalue weighted by Gasteiger charge is 2.10. The van der Waals surface area contributed by atoms with Gasteiger partial charge in [0.15, 0.2) is 0 Å². The maximum absolute atomic E-state index is 5.34. The topological polar surface area (TPSA) is 12.0 Å².